The first-order valence-electron chi connectivity index (χ1n) is 12.3. The number of nitrogens with one attached hydrogen (secondary N) is 2. The van der Waals surface area contributed by atoms with E-state index in [0.717, 1.165) is 22.4 Å². The Bertz CT molecular complexity index is 1420. The van der Waals surface area contributed by atoms with E-state index in [1.54, 1.807) is 22.7 Å². The van der Waals surface area contributed by atoms with Gasteiger partial charge in [-0.15, -0.1) is 0 Å². The first-order chi connectivity index (χ1) is 17.2. The summed E-state index contributed by atoms with van der Waals surface area (Å²) in [6.45, 7) is 8.18. The van der Waals surface area contributed by atoms with Gasteiger partial charge in [0.1, 0.15) is 11.5 Å². The topological polar surface area (TPSA) is 114 Å². The van der Waals surface area contributed by atoms with Crippen molar-refractivity contribution in [1.82, 2.24) is 29.6 Å². The molecule has 4 rings (SSSR count). The number of aromatic nitrogens is 4. The van der Waals surface area contributed by atoms with Crippen LogP contribution in [0.4, 0.5) is 0 Å². The highest BCUT2D eigenvalue weighted by Crippen LogP contribution is 2.19. The van der Waals surface area contributed by atoms with Crippen molar-refractivity contribution < 1.29 is 14.7 Å². The van der Waals surface area contributed by atoms with Gasteiger partial charge in [0.2, 0.25) is 0 Å². The van der Waals surface area contributed by atoms with Gasteiger partial charge in [0.15, 0.2) is 5.65 Å². The van der Waals surface area contributed by atoms with E-state index in [1.165, 1.54) is 0 Å². The van der Waals surface area contributed by atoms with E-state index in [0.29, 0.717) is 47.9 Å². The molecule has 0 aliphatic heterocycles. The number of hydrogen-bond donors (Lipinski definition) is 3. The quantitative estimate of drug-likeness (QED) is 0.334. The number of benzene rings is 1. The fourth-order valence-electron chi connectivity index (χ4n) is 4.52. The van der Waals surface area contributed by atoms with Crippen LogP contribution in [0.5, 0.6) is 0 Å². The second-order valence-electron chi connectivity index (χ2n) is 9.58. The molecule has 0 radical (unpaired) electrons. The van der Waals surface area contributed by atoms with Crippen LogP contribution >= 0.6 is 0 Å². The third-order valence-electron chi connectivity index (χ3n) is 6.45. The van der Waals surface area contributed by atoms with Crippen molar-refractivity contribution in [2.75, 3.05) is 6.61 Å². The number of carbonyl (C=O) groups excluding carboxylic acids is 2. The summed E-state index contributed by atoms with van der Waals surface area (Å²) in [5.41, 5.74) is 4.71. The summed E-state index contributed by atoms with van der Waals surface area (Å²) in [6.07, 6.45) is 2.93. The summed E-state index contributed by atoms with van der Waals surface area (Å²) in [7, 11) is 1.97. The number of aliphatic hydroxyl groups is 1. The molecule has 9 nitrogen and oxygen atoms in total. The van der Waals surface area contributed by atoms with E-state index in [9.17, 15) is 14.7 Å². The molecule has 0 aliphatic rings. The van der Waals surface area contributed by atoms with E-state index in [1.807, 2.05) is 57.5 Å². The number of fused-ring (bicyclic) bond motifs is 2. The Morgan fingerprint density at radius 3 is 2.61 bits per heavy atom. The molecule has 4 aromatic rings. The SMILES string of the molecule is CCc1nc2c(C(=O)NCc3ccc4nc(C)n(C)c4c3)cccn2c1C(=O)N[C@H](CO)CC(C)C. The average molecular weight is 491 g/mol. The summed E-state index contributed by atoms with van der Waals surface area (Å²) in [5, 5.41) is 15.6. The van der Waals surface area contributed by atoms with Gasteiger partial charge in [-0.2, -0.15) is 0 Å². The second-order valence-corrected chi connectivity index (χ2v) is 9.58. The van der Waals surface area contributed by atoms with Crippen LogP contribution in [0, 0.1) is 12.8 Å². The molecular formula is C27H34N6O3. The first-order valence-corrected chi connectivity index (χ1v) is 12.3. The van der Waals surface area contributed by atoms with Gasteiger partial charge < -0.3 is 20.3 Å². The molecule has 0 bridgehead atoms. The Balaban J connectivity index is 1.58. The molecule has 2 amide bonds. The predicted molar refractivity (Wildman–Crippen MR) is 139 cm³/mol. The maximum Gasteiger partial charge on any atom is 0.270 e. The van der Waals surface area contributed by atoms with E-state index in [2.05, 4.69) is 20.6 Å². The highest BCUT2D eigenvalue weighted by atomic mass is 16.3. The summed E-state index contributed by atoms with van der Waals surface area (Å²) >= 11 is 0. The molecule has 1 aromatic carbocycles. The minimum Gasteiger partial charge on any atom is -0.394 e. The van der Waals surface area contributed by atoms with E-state index in [-0.39, 0.29) is 24.5 Å². The molecule has 1 atom stereocenters. The van der Waals surface area contributed by atoms with Crippen LogP contribution in [0.15, 0.2) is 36.5 Å². The lowest BCUT2D eigenvalue weighted by Gasteiger charge is -2.18. The van der Waals surface area contributed by atoms with Gasteiger partial charge >= 0.3 is 0 Å². The molecular weight excluding hydrogens is 456 g/mol. The normalized spacial score (nSPS) is 12.4. The van der Waals surface area contributed by atoms with Crippen molar-refractivity contribution >= 4 is 28.5 Å². The lowest BCUT2D eigenvalue weighted by atomic mass is 10.0. The Labute approximate surface area is 210 Å². The lowest BCUT2D eigenvalue weighted by Crippen LogP contribution is -2.39. The van der Waals surface area contributed by atoms with E-state index in [4.69, 9.17) is 0 Å². The van der Waals surface area contributed by atoms with E-state index >= 15 is 0 Å². The molecule has 0 unspecified atom stereocenters. The number of amides is 2. The molecule has 0 spiro atoms. The van der Waals surface area contributed by atoms with Gasteiger partial charge in [0.05, 0.1) is 34.9 Å². The fourth-order valence-corrected chi connectivity index (χ4v) is 4.52. The number of carbonyl (C=O) groups is 2. The lowest BCUT2D eigenvalue weighted by molar-refractivity contribution is 0.0899. The zero-order chi connectivity index (χ0) is 26.0. The molecule has 0 saturated carbocycles. The Morgan fingerprint density at radius 2 is 1.92 bits per heavy atom. The summed E-state index contributed by atoms with van der Waals surface area (Å²) in [5.74, 6) is 0.678. The Kier molecular flexibility index (Phi) is 7.40. The molecule has 0 aliphatic carbocycles. The minimum absolute atomic E-state index is 0.139. The third kappa shape index (κ3) is 4.97. The zero-order valence-corrected chi connectivity index (χ0v) is 21.5. The van der Waals surface area contributed by atoms with Crippen LogP contribution in [0.2, 0.25) is 0 Å². The maximum atomic E-state index is 13.2. The summed E-state index contributed by atoms with van der Waals surface area (Å²) in [4.78, 5) is 35.5. The number of nitrogens with zero attached hydrogens (tertiary/aromatic N) is 4. The number of imidazole rings is 2. The highest BCUT2D eigenvalue weighted by Gasteiger charge is 2.24. The molecule has 3 N–H and O–H groups in total. The largest absolute Gasteiger partial charge is 0.394 e. The van der Waals surface area contributed by atoms with Gasteiger partial charge in [-0.25, -0.2) is 9.97 Å². The van der Waals surface area contributed by atoms with Crippen molar-refractivity contribution in [2.24, 2.45) is 13.0 Å². The zero-order valence-electron chi connectivity index (χ0n) is 21.5. The molecule has 3 aromatic heterocycles. The minimum atomic E-state index is -0.347. The predicted octanol–water partition coefficient (Wildman–Crippen LogP) is 3.16. The Hall–Kier alpha value is -3.72. The van der Waals surface area contributed by atoms with Crippen LogP contribution in [0.1, 0.15) is 65.1 Å². The average Bonchev–Trinajstić information content (AvgIpc) is 3.38. The number of aliphatic hydroxyl groups excluding tert-OH is 1. The van der Waals surface area contributed by atoms with Crippen LogP contribution in [-0.2, 0) is 20.0 Å². The maximum absolute atomic E-state index is 13.2. The van der Waals surface area contributed by atoms with Gasteiger partial charge in [-0.05, 0) is 55.5 Å². The molecule has 0 saturated heterocycles. The fraction of sp³-hybridized carbons (Fsp3) is 0.407. The highest BCUT2D eigenvalue weighted by molar-refractivity contribution is 6.02. The van der Waals surface area contributed by atoms with Gasteiger partial charge in [0.25, 0.3) is 11.8 Å². The monoisotopic (exact) mass is 490 g/mol. The Morgan fingerprint density at radius 1 is 1.14 bits per heavy atom. The van der Waals surface area contributed by atoms with Crippen molar-refractivity contribution in [3.8, 4) is 0 Å². The summed E-state index contributed by atoms with van der Waals surface area (Å²) < 4.78 is 3.69. The smallest absolute Gasteiger partial charge is 0.270 e. The number of pyridine rings is 1. The van der Waals surface area contributed by atoms with Crippen molar-refractivity contribution in [3.05, 3.63) is 64.9 Å². The van der Waals surface area contributed by atoms with Crippen LogP contribution in [0.3, 0.4) is 0 Å². The molecule has 190 valence electrons. The second kappa shape index (κ2) is 10.5. The van der Waals surface area contributed by atoms with Gasteiger partial charge in [-0.1, -0.05) is 26.8 Å². The van der Waals surface area contributed by atoms with Gasteiger partial charge in [0, 0.05) is 19.8 Å². The van der Waals surface area contributed by atoms with Crippen molar-refractivity contribution in [3.63, 3.8) is 0 Å². The third-order valence-corrected chi connectivity index (χ3v) is 6.45. The number of hydrogen-bond acceptors (Lipinski definition) is 5. The number of rotatable bonds is 9. The molecule has 9 heteroatoms. The van der Waals surface area contributed by atoms with Crippen LogP contribution in [-0.4, -0.2) is 48.5 Å². The van der Waals surface area contributed by atoms with E-state index < -0.39 is 0 Å². The standard InChI is InChI=1S/C27H34N6O3/c1-6-21-24(27(36)30-19(15-34)12-16(2)3)33-11-7-8-20(25(33)31-21)26(35)28-14-18-9-10-22-23(13-18)32(5)17(4)29-22/h7-11,13,16,19,34H,6,12,14-15H2,1-5H3,(H,28,35)(H,30,36)/t19-/m0/s1. The summed E-state index contributed by atoms with van der Waals surface area (Å²) in [6, 6.07) is 9.04. The molecule has 3 heterocycles. The van der Waals surface area contributed by atoms with Crippen LogP contribution in [0.25, 0.3) is 16.7 Å². The van der Waals surface area contributed by atoms with Crippen molar-refractivity contribution in [1.29, 1.82) is 0 Å². The molecule has 36 heavy (non-hydrogen) atoms. The van der Waals surface area contributed by atoms with Gasteiger partial charge in [-0.3, -0.25) is 14.0 Å². The first kappa shape index (κ1) is 25.4. The molecule has 0 fully saturated rings. The number of aryl methyl sites for hydroxylation is 3. The van der Waals surface area contributed by atoms with Crippen molar-refractivity contribution in [2.45, 2.75) is 53.1 Å². The van der Waals surface area contributed by atoms with Crippen LogP contribution < -0.4 is 10.6 Å².